The van der Waals surface area contributed by atoms with E-state index >= 15 is 0 Å². The third-order valence-corrected chi connectivity index (χ3v) is 6.05. The Morgan fingerprint density at radius 2 is 1.61 bits per heavy atom. The van der Waals surface area contributed by atoms with Gasteiger partial charge in [-0.2, -0.15) is 0 Å². The third-order valence-electron chi connectivity index (χ3n) is 4.65. The molecule has 4 aromatic rings. The highest BCUT2D eigenvalue weighted by Crippen LogP contribution is 2.27. The standard InChI is InChI=1S/C23H19N3O4S/c1-30-22-14-17-6-3-2-5-16(17)13-21(22)23(27)25-18-8-10-20(11-9-18)31(28,29)26-19-7-4-12-24-15-19/h2-15,26H,1H3,(H,25,27). The Bertz CT molecular complexity index is 1340. The molecule has 0 fully saturated rings. The van der Waals surface area contributed by atoms with Crippen LogP contribution in [0.5, 0.6) is 5.75 Å². The zero-order valence-electron chi connectivity index (χ0n) is 16.6. The fraction of sp³-hybridized carbons (Fsp3) is 0.0435. The van der Waals surface area contributed by atoms with Crippen LogP contribution in [0.1, 0.15) is 10.4 Å². The van der Waals surface area contributed by atoms with Crippen LogP contribution in [0.3, 0.4) is 0 Å². The molecule has 156 valence electrons. The lowest BCUT2D eigenvalue weighted by atomic mass is 10.1. The van der Waals surface area contributed by atoms with Gasteiger partial charge in [0.1, 0.15) is 5.75 Å². The zero-order chi connectivity index (χ0) is 21.8. The Morgan fingerprint density at radius 3 is 2.26 bits per heavy atom. The normalized spacial score (nSPS) is 11.1. The van der Waals surface area contributed by atoms with Crippen molar-refractivity contribution in [3.05, 3.63) is 90.8 Å². The molecule has 3 aromatic carbocycles. The highest BCUT2D eigenvalue weighted by molar-refractivity contribution is 7.92. The van der Waals surface area contributed by atoms with Crippen LogP contribution >= 0.6 is 0 Å². The van der Waals surface area contributed by atoms with Gasteiger partial charge in [-0.25, -0.2) is 8.42 Å². The Balaban J connectivity index is 1.54. The number of aromatic nitrogens is 1. The van der Waals surface area contributed by atoms with Gasteiger partial charge in [0, 0.05) is 11.9 Å². The minimum atomic E-state index is -3.77. The minimum absolute atomic E-state index is 0.0673. The summed E-state index contributed by atoms with van der Waals surface area (Å²) in [5.41, 5.74) is 1.21. The molecule has 31 heavy (non-hydrogen) atoms. The van der Waals surface area contributed by atoms with E-state index in [1.807, 2.05) is 30.3 Å². The summed E-state index contributed by atoms with van der Waals surface area (Å²) in [5.74, 6) is 0.0998. The number of hydrogen-bond acceptors (Lipinski definition) is 5. The van der Waals surface area contributed by atoms with Crippen molar-refractivity contribution in [3.63, 3.8) is 0 Å². The van der Waals surface area contributed by atoms with Crippen LogP contribution in [0, 0.1) is 0 Å². The lowest BCUT2D eigenvalue weighted by molar-refractivity contribution is 0.102. The summed E-state index contributed by atoms with van der Waals surface area (Å²) in [6.07, 6.45) is 2.98. The fourth-order valence-corrected chi connectivity index (χ4v) is 4.16. The number of fused-ring (bicyclic) bond motifs is 1. The van der Waals surface area contributed by atoms with Crippen molar-refractivity contribution in [2.45, 2.75) is 4.90 Å². The van der Waals surface area contributed by atoms with Crippen LogP contribution in [0.4, 0.5) is 11.4 Å². The first-order chi connectivity index (χ1) is 15.0. The van der Waals surface area contributed by atoms with E-state index in [2.05, 4.69) is 15.0 Å². The molecule has 0 unspecified atom stereocenters. The number of rotatable bonds is 6. The monoisotopic (exact) mass is 433 g/mol. The summed E-state index contributed by atoms with van der Waals surface area (Å²) in [6, 6.07) is 20.4. The highest BCUT2D eigenvalue weighted by Gasteiger charge is 2.16. The highest BCUT2D eigenvalue weighted by atomic mass is 32.2. The number of carbonyl (C=O) groups is 1. The molecule has 4 rings (SSSR count). The van der Waals surface area contributed by atoms with Gasteiger partial charge in [-0.15, -0.1) is 0 Å². The topological polar surface area (TPSA) is 97.4 Å². The molecular weight excluding hydrogens is 414 g/mol. The third kappa shape index (κ3) is 4.49. The van der Waals surface area contributed by atoms with Crippen molar-refractivity contribution in [2.24, 2.45) is 0 Å². The molecule has 2 N–H and O–H groups in total. The number of hydrogen-bond donors (Lipinski definition) is 2. The number of nitrogens with one attached hydrogen (secondary N) is 2. The lowest BCUT2D eigenvalue weighted by Gasteiger charge is -2.12. The quantitative estimate of drug-likeness (QED) is 0.473. The maximum Gasteiger partial charge on any atom is 0.261 e. The number of pyridine rings is 1. The molecule has 1 heterocycles. The van der Waals surface area contributed by atoms with E-state index in [0.717, 1.165) is 10.8 Å². The number of anilines is 2. The van der Waals surface area contributed by atoms with Gasteiger partial charge in [0.2, 0.25) is 0 Å². The van der Waals surface area contributed by atoms with Crippen LogP contribution in [0.25, 0.3) is 10.8 Å². The SMILES string of the molecule is COc1cc2ccccc2cc1C(=O)Nc1ccc(S(=O)(=O)Nc2cccnc2)cc1. The van der Waals surface area contributed by atoms with Gasteiger partial charge in [-0.1, -0.05) is 24.3 Å². The van der Waals surface area contributed by atoms with Gasteiger partial charge >= 0.3 is 0 Å². The molecule has 0 bridgehead atoms. The largest absolute Gasteiger partial charge is 0.496 e. The van der Waals surface area contributed by atoms with E-state index < -0.39 is 10.0 Å². The van der Waals surface area contributed by atoms with Crippen molar-refractivity contribution in [2.75, 3.05) is 17.1 Å². The van der Waals surface area contributed by atoms with Gasteiger partial charge in [0.15, 0.2) is 0 Å². The molecule has 0 saturated carbocycles. The second-order valence-electron chi connectivity index (χ2n) is 6.73. The number of carbonyl (C=O) groups excluding carboxylic acids is 1. The molecule has 7 nitrogen and oxygen atoms in total. The van der Waals surface area contributed by atoms with E-state index in [0.29, 0.717) is 22.7 Å². The van der Waals surface area contributed by atoms with E-state index in [4.69, 9.17) is 4.74 Å². The van der Waals surface area contributed by atoms with E-state index in [-0.39, 0.29) is 10.8 Å². The lowest BCUT2D eigenvalue weighted by Crippen LogP contribution is -2.15. The fourth-order valence-electron chi connectivity index (χ4n) is 3.12. The molecule has 0 saturated heterocycles. The number of sulfonamides is 1. The maximum absolute atomic E-state index is 12.8. The first-order valence-electron chi connectivity index (χ1n) is 9.37. The number of ether oxygens (including phenoxy) is 1. The average molecular weight is 433 g/mol. The summed E-state index contributed by atoms with van der Waals surface area (Å²) in [6.45, 7) is 0. The molecule has 0 aliphatic carbocycles. The molecule has 0 aliphatic heterocycles. The summed E-state index contributed by atoms with van der Waals surface area (Å²) >= 11 is 0. The Labute approximate surface area is 179 Å². The van der Waals surface area contributed by atoms with E-state index in [1.165, 1.54) is 37.6 Å². The van der Waals surface area contributed by atoms with Crippen LogP contribution in [-0.4, -0.2) is 26.4 Å². The molecule has 0 atom stereocenters. The van der Waals surface area contributed by atoms with Gasteiger partial charge < -0.3 is 10.1 Å². The van der Waals surface area contributed by atoms with Crippen molar-refractivity contribution in [1.29, 1.82) is 0 Å². The molecule has 8 heteroatoms. The van der Waals surface area contributed by atoms with Crippen LogP contribution in [0.15, 0.2) is 90.1 Å². The molecule has 1 aromatic heterocycles. The number of nitrogens with zero attached hydrogens (tertiary/aromatic N) is 1. The number of amides is 1. The summed E-state index contributed by atoms with van der Waals surface area (Å²) in [4.78, 5) is 16.8. The van der Waals surface area contributed by atoms with Gasteiger partial charge in [0.25, 0.3) is 15.9 Å². The predicted molar refractivity (Wildman–Crippen MR) is 120 cm³/mol. The Morgan fingerprint density at radius 1 is 0.903 bits per heavy atom. The van der Waals surface area contributed by atoms with Crippen LogP contribution < -0.4 is 14.8 Å². The number of benzene rings is 3. The minimum Gasteiger partial charge on any atom is -0.496 e. The molecule has 0 radical (unpaired) electrons. The van der Waals surface area contributed by atoms with Crippen molar-refractivity contribution < 1.29 is 17.9 Å². The Hall–Kier alpha value is -3.91. The van der Waals surface area contributed by atoms with Gasteiger partial charge in [-0.05, 0) is 59.3 Å². The first kappa shape index (κ1) is 20.4. The average Bonchev–Trinajstić information content (AvgIpc) is 2.79. The molecule has 0 aliphatic rings. The van der Waals surface area contributed by atoms with E-state index in [1.54, 1.807) is 24.4 Å². The summed E-state index contributed by atoms with van der Waals surface area (Å²) in [5, 5.41) is 4.66. The van der Waals surface area contributed by atoms with E-state index in [9.17, 15) is 13.2 Å². The maximum atomic E-state index is 12.8. The second-order valence-corrected chi connectivity index (χ2v) is 8.41. The molecule has 0 spiro atoms. The predicted octanol–water partition coefficient (Wildman–Crippen LogP) is 4.30. The van der Waals surface area contributed by atoms with Crippen molar-refractivity contribution >= 4 is 38.1 Å². The smallest absolute Gasteiger partial charge is 0.261 e. The van der Waals surface area contributed by atoms with Crippen molar-refractivity contribution in [3.8, 4) is 5.75 Å². The van der Waals surface area contributed by atoms with Gasteiger partial charge in [-0.3, -0.25) is 14.5 Å². The molecular formula is C23H19N3O4S. The number of methoxy groups -OCH3 is 1. The Kier molecular flexibility index (Phi) is 5.55. The first-order valence-corrected chi connectivity index (χ1v) is 10.9. The van der Waals surface area contributed by atoms with Crippen molar-refractivity contribution in [1.82, 2.24) is 4.98 Å². The van der Waals surface area contributed by atoms with Crippen LogP contribution in [0.2, 0.25) is 0 Å². The zero-order valence-corrected chi connectivity index (χ0v) is 17.4. The molecule has 1 amide bonds. The summed E-state index contributed by atoms with van der Waals surface area (Å²) in [7, 11) is -2.26. The second kappa shape index (κ2) is 8.45. The summed E-state index contributed by atoms with van der Waals surface area (Å²) < 4.78 is 32.9. The van der Waals surface area contributed by atoms with Crippen LogP contribution in [-0.2, 0) is 10.0 Å². The van der Waals surface area contributed by atoms with Gasteiger partial charge in [0.05, 0.1) is 29.5 Å².